The second-order valence-electron chi connectivity index (χ2n) is 5.15. The SMILES string of the molecule is CCCNC(c1ccc(CC)cc1)c1ccc(Br)cc1Cl. The lowest BCUT2D eigenvalue weighted by Gasteiger charge is -2.21. The van der Waals surface area contributed by atoms with Gasteiger partial charge in [-0.2, -0.15) is 0 Å². The van der Waals surface area contributed by atoms with Crippen LogP contribution in [0, 0.1) is 0 Å². The Bertz CT molecular complexity index is 580. The van der Waals surface area contributed by atoms with E-state index in [0.29, 0.717) is 0 Å². The molecule has 0 aliphatic carbocycles. The number of halogens is 2. The molecule has 0 aliphatic heterocycles. The lowest BCUT2D eigenvalue weighted by molar-refractivity contribution is 0.598. The molecule has 2 aromatic carbocycles. The Morgan fingerprint density at radius 1 is 1.10 bits per heavy atom. The Balaban J connectivity index is 2.36. The fourth-order valence-electron chi connectivity index (χ4n) is 2.38. The summed E-state index contributed by atoms with van der Waals surface area (Å²) in [7, 11) is 0. The highest BCUT2D eigenvalue weighted by molar-refractivity contribution is 9.10. The Kier molecular flexibility index (Phi) is 6.28. The van der Waals surface area contributed by atoms with Gasteiger partial charge in [0.2, 0.25) is 0 Å². The van der Waals surface area contributed by atoms with Crippen LogP contribution in [-0.4, -0.2) is 6.54 Å². The molecule has 0 fully saturated rings. The number of aryl methyl sites for hydroxylation is 1. The predicted octanol–water partition coefficient (Wildman–Crippen LogP) is 5.75. The minimum absolute atomic E-state index is 0.136. The van der Waals surface area contributed by atoms with Crippen molar-refractivity contribution in [3.8, 4) is 0 Å². The molecule has 2 rings (SSSR count). The van der Waals surface area contributed by atoms with Crippen LogP contribution >= 0.6 is 27.5 Å². The topological polar surface area (TPSA) is 12.0 Å². The van der Waals surface area contributed by atoms with Crippen molar-refractivity contribution < 1.29 is 0 Å². The zero-order valence-corrected chi connectivity index (χ0v) is 14.8. The van der Waals surface area contributed by atoms with Crippen LogP contribution in [0.2, 0.25) is 5.02 Å². The van der Waals surface area contributed by atoms with Gasteiger partial charge in [0.25, 0.3) is 0 Å². The molecule has 1 unspecified atom stereocenters. The molecule has 0 aliphatic rings. The number of nitrogens with one attached hydrogen (secondary N) is 1. The first kappa shape index (κ1) is 16.5. The fourth-order valence-corrected chi connectivity index (χ4v) is 3.16. The first-order valence-electron chi connectivity index (χ1n) is 7.42. The maximum Gasteiger partial charge on any atom is 0.0591 e. The van der Waals surface area contributed by atoms with Gasteiger partial charge in [0.05, 0.1) is 6.04 Å². The Morgan fingerprint density at radius 2 is 1.81 bits per heavy atom. The van der Waals surface area contributed by atoms with Crippen LogP contribution in [0.1, 0.15) is 43.0 Å². The molecule has 0 bridgehead atoms. The van der Waals surface area contributed by atoms with Crippen molar-refractivity contribution in [2.24, 2.45) is 0 Å². The maximum atomic E-state index is 6.44. The average molecular weight is 367 g/mol. The molecule has 1 N–H and O–H groups in total. The Morgan fingerprint density at radius 3 is 2.38 bits per heavy atom. The first-order valence-corrected chi connectivity index (χ1v) is 8.60. The number of rotatable bonds is 6. The summed E-state index contributed by atoms with van der Waals surface area (Å²) >= 11 is 9.91. The van der Waals surface area contributed by atoms with E-state index in [0.717, 1.165) is 34.4 Å². The van der Waals surface area contributed by atoms with Crippen molar-refractivity contribution in [2.45, 2.75) is 32.7 Å². The quantitative estimate of drug-likeness (QED) is 0.686. The highest BCUT2D eigenvalue weighted by Gasteiger charge is 2.16. The predicted molar refractivity (Wildman–Crippen MR) is 95.1 cm³/mol. The largest absolute Gasteiger partial charge is 0.306 e. The van der Waals surface area contributed by atoms with E-state index < -0.39 is 0 Å². The van der Waals surface area contributed by atoms with E-state index in [1.54, 1.807) is 0 Å². The van der Waals surface area contributed by atoms with E-state index in [9.17, 15) is 0 Å². The van der Waals surface area contributed by atoms with Crippen LogP contribution in [-0.2, 0) is 6.42 Å². The second kappa shape index (κ2) is 7.98. The minimum Gasteiger partial charge on any atom is -0.306 e. The molecule has 0 spiro atoms. The molecule has 112 valence electrons. The lowest BCUT2D eigenvalue weighted by atomic mass is 9.97. The van der Waals surface area contributed by atoms with Crippen molar-refractivity contribution in [3.63, 3.8) is 0 Å². The fraction of sp³-hybridized carbons (Fsp3) is 0.333. The molecule has 2 aromatic rings. The molecule has 0 aromatic heterocycles. The number of hydrogen-bond acceptors (Lipinski definition) is 1. The van der Waals surface area contributed by atoms with Crippen molar-refractivity contribution in [2.75, 3.05) is 6.54 Å². The van der Waals surface area contributed by atoms with E-state index in [1.807, 2.05) is 12.1 Å². The summed E-state index contributed by atoms with van der Waals surface area (Å²) in [6.07, 6.45) is 2.16. The van der Waals surface area contributed by atoms with Crippen molar-refractivity contribution in [1.29, 1.82) is 0 Å². The molecule has 1 nitrogen and oxygen atoms in total. The van der Waals surface area contributed by atoms with Crippen molar-refractivity contribution >= 4 is 27.5 Å². The molecule has 0 saturated heterocycles. The summed E-state index contributed by atoms with van der Waals surface area (Å²) < 4.78 is 1.01. The van der Waals surface area contributed by atoms with Gasteiger partial charge in [0.15, 0.2) is 0 Å². The van der Waals surface area contributed by atoms with Gasteiger partial charge in [-0.3, -0.25) is 0 Å². The summed E-state index contributed by atoms with van der Waals surface area (Å²) in [5, 5.41) is 4.39. The Hall–Kier alpha value is -0.830. The smallest absolute Gasteiger partial charge is 0.0591 e. The van der Waals surface area contributed by atoms with Crippen molar-refractivity contribution in [1.82, 2.24) is 5.32 Å². The van der Waals surface area contributed by atoms with Gasteiger partial charge in [0, 0.05) is 9.50 Å². The van der Waals surface area contributed by atoms with Crippen LogP contribution in [0.4, 0.5) is 0 Å². The van der Waals surface area contributed by atoms with Gasteiger partial charge in [-0.15, -0.1) is 0 Å². The van der Waals surface area contributed by atoms with Gasteiger partial charge in [-0.05, 0) is 48.2 Å². The summed E-state index contributed by atoms with van der Waals surface area (Å²) in [6.45, 7) is 5.31. The number of hydrogen-bond donors (Lipinski definition) is 1. The summed E-state index contributed by atoms with van der Waals surface area (Å²) in [5.41, 5.74) is 3.73. The van der Waals surface area contributed by atoms with E-state index in [2.05, 4.69) is 65.4 Å². The average Bonchev–Trinajstić information content (AvgIpc) is 2.50. The monoisotopic (exact) mass is 365 g/mol. The maximum absolute atomic E-state index is 6.44. The second-order valence-corrected chi connectivity index (χ2v) is 6.47. The molecule has 3 heteroatoms. The van der Waals surface area contributed by atoms with Gasteiger partial charge < -0.3 is 5.32 Å². The van der Waals surface area contributed by atoms with Crippen LogP contribution in [0.15, 0.2) is 46.9 Å². The highest BCUT2D eigenvalue weighted by atomic mass is 79.9. The third-order valence-corrected chi connectivity index (χ3v) is 4.41. The number of benzene rings is 2. The third kappa shape index (κ3) is 4.32. The molecule has 0 amide bonds. The van der Waals surface area contributed by atoms with Gasteiger partial charge in [-0.25, -0.2) is 0 Å². The van der Waals surface area contributed by atoms with Crippen LogP contribution in [0.5, 0.6) is 0 Å². The molecule has 0 radical (unpaired) electrons. The highest BCUT2D eigenvalue weighted by Crippen LogP contribution is 2.30. The first-order chi connectivity index (χ1) is 10.2. The van der Waals surface area contributed by atoms with Crippen molar-refractivity contribution in [3.05, 3.63) is 68.7 Å². The zero-order valence-electron chi connectivity index (χ0n) is 12.5. The van der Waals surface area contributed by atoms with E-state index in [-0.39, 0.29) is 6.04 Å². The van der Waals surface area contributed by atoms with Crippen LogP contribution in [0.25, 0.3) is 0 Å². The van der Waals surface area contributed by atoms with Gasteiger partial charge >= 0.3 is 0 Å². The summed E-state index contributed by atoms with van der Waals surface area (Å²) in [5.74, 6) is 0. The van der Waals surface area contributed by atoms with E-state index in [1.165, 1.54) is 11.1 Å². The molecule has 21 heavy (non-hydrogen) atoms. The molecular weight excluding hydrogens is 346 g/mol. The molecule has 0 saturated carbocycles. The van der Waals surface area contributed by atoms with Crippen LogP contribution < -0.4 is 5.32 Å². The summed E-state index contributed by atoms with van der Waals surface area (Å²) in [4.78, 5) is 0. The van der Waals surface area contributed by atoms with E-state index >= 15 is 0 Å². The van der Waals surface area contributed by atoms with Crippen LogP contribution in [0.3, 0.4) is 0 Å². The minimum atomic E-state index is 0.136. The lowest BCUT2D eigenvalue weighted by Crippen LogP contribution is -2.23. The molecule has 0 heterocycles. The van der Waals surface area contributed by atoms with Gasteiger partial charge in [0.1, 0.15) is 0 Å². The Labute approximate surface area is 140 Å². The molecular formula is C18H21BrClN. The van der Waals surface area contributed by atoms with Gasteiger partial charge in [-0.1, -0.05) is 71.7 Å². The standard InChI is InChI=1S/C18H21BrClN/c1-3-11-21-18(14-7-5-13(4-2)6-8-14)16-10-9-15(19)12-17(16)20/h5-10,12,18,21H,3-4,11H2,1-2H3. The normalized spacial score (nSPS) is 12.4. The zero-order chi connectivity index (χ0) is 15.2. The molecule has 1 atom stereocenters. The summed E-state index contributed by atoms with van der Waals surface area (Å²) in [6, 6.07) is 15.0. The third-order valence-electron chi connectivity index (χ3n) is 3.59. The van der Waals surface area contributed by atoms with E-state index in [4.69, 9.17) is 11.6 Å².